The molecular formula is C22H24O3. The molecule has 0 aromatic heterocycles. The lowest BCUT2D eigenvalue weighted by molar-refractivity contribution is -0.147. The van der Waals surface area contributed by atoms with Gasteiger partial charge in [-0.05, 0) is 31.4 Å². The molecule has 0 saturated heterocycles. The Bertz CT molecular complexity index is 705. The second-order valence-corrected chi connectivity index (χ2v) is 6.20. The summed E-state index contributed by atoms with van der Waals surface area (Å²) in [6.07, 6.45) is 1.17. The van der Waals surface area contributed by atoms with Crippen LogP contribution in [0.2, 0.25) is 0 Å². The van der Waals surface area contributed by atoms with Crippen LogP contribution in [-0.4, -0.2) is 17.7 Å². The fourth-order valence-electron chi connectivity index (χ4n) is 3.09. The van der Waals surface area contributed by atoms with E-state index in [0.29, 0.717) is 13.0 Å². The summed E-state index contributed by atoms with van der Waals surface area (Å²) in [5.41, 5.74) is 0.635. The molecule has 0 spiro atoms. The van der Waals surface area contributed by atoms with Crippen molar-refractivity contribution in [2.75, 3.05) is 0 Å². The molecule has 1 atom stereocenters. The van der Waals surface area contributed by atoms with Gasteiger partial charge in [0.2, 0.25) is 0 Å². The van der Waals surface area contributed by atoms with Gasteiger partial charge in [-0.15, -0.1) is 6.58 Å². The van der Waals surface area contributed by atoms with Crippen molar-refractivity contribution >= 4 is 11.6 Å². The molecule has 0 bridgehead atoms. The summed E-state index contributed by atoms with van der Waals surface area (Å²) in [7, 11) is 0. The SMILES string of the molecule is C=CC(OCc1ccccc1)C(Cc1ccccc1)(C(C)=O)C(C)=O. The summed E-state index contributed by atoms with van der Waals surface area (Å²) in [5.74, 6) is -0.413. The van der Waals surface area contributed by atoms with Crippen LogP contribution in [0.1, 0.15) is 25.0 Å². The van der Waals surface area contributed by atoms with E-state index in [1.165, 1.54) is 13.8 Å². The standard InChI is InChI=1S/C22H24O3/c1-4-21(25-16-20-13-9-6-10-14-20)22(17(2)23,18(3)24)15-19-11-7-5-8-12-19/h4-14,21H,1,15-16H2,2-3H3. The van der Waals surface area contributed by atoms with Gasteiger partial charge in [0.15, 0.2) is 0 Å². The number of Topliss-reactive ketones (excluding diaryl/α,β-unsaturated/α-hetero) is 2. The first-order valence-corrected chi connectivity index (χ1v) is 8.34. The average Bonchev–Trinajstić information content (AvgIpc) is 2.62. The monoisotopic (exact) mass is 336 g/mol. The maximum atomic E-state index is 12.6. The molecule has 0 N–H and O–H groups in total. The lowest BCUT2D eigenvalue weighted by Crippen LogP contribution is -2.49. The highest BCUT2D eigenvalue weighted by Gasteiger charge is 2.47. The first-order chi connectivity index (χ1) is 12.0. The van der Waals surface area contributed by atoms with Crippen LogP contribution in [0.4, 0.5) is 0 Å². The van der Waals surface area contributed by atoms with Crippen LogP contribution in [0.25, 0.3) is 0 Å². The molecule has 3 nitrogen and oxygen atoms in total. The van der Waals surface area contributed by atoms with Gasteiger partial charge in [-0.2, -0.15) is 0 Å². The number of rotatable bonds is 9. The lowest BCUT2D eigenvalue weighted by atomic mass is 9.70. The van der Waals surface area contributed by atoms with E-state index in [-0.39, 0.29) is 11.6 Å². The van der Waals surface area contributed by atoms with Crippen LogP contribution >= 0.6 is 0 Å². The van der Waals surface area contributed by atoms with Crippen molar-refractivity contribution in [3.05, 3.63) is 84.4 Å². The number of benzene rings is 2. The van der Waals surface area contributed by atoms with Crippen molar-refractivity contribution in [3.8, 4) is 0 Å². The Kier molecular flexibility index (Phi) is 6.43. The third kappa shape index (κ3) is 4.31. The fraction of sp³-hybridized carbons (Fsp3) is 0.273. The molecule has 0 aliphatic rings. The largest absolute Gasteiger partial charge is 0.368 e. The third-order valence-electron chi connectivity index (χ3n) is 4.55. The van der Waals surface area contributed by atoms with Gasteiger partial charge in [0, 0.05) is 0 Å². The van der Waals surface area contributed by atoms with Crippen LogP contribution in [0, 0.1) is 5.41 Å². The maximum Gasteiger partial charge on any atom is 0.146 e. The molecule has 2 aromatic carbocycles. The Morgan fingerprint density at radius 1 is 0.960 bits per heavy atom. The molecular weight excluding hydrogens is 312 g/mol. The van der Waals surface area contributed by atoms with Gasteiger partial charge >= 0.3 is 0 Å². The number of ether oxygens (including phenoxy) is 1. The molecule has 0 fully saturated rings. The molecule has 2 aromatic rings. The molecule has 0 radical (unpaired) electrons. The molecule has 0 amide bonds. The van der Waals surface area contributed by atoms with Crippen LogP contribution in [0.5, 0.6) is 0 Å². The van der Waals surface area contributed by atoms with Crippen LogP contribution in [0.3, 0.4) is 0 Å². The predicted molar refractivity (Wildman–Crippen MR) is 99.2 cm³/mol. The van der Waals surface area contributed by atoms with Crippen molar-refractivity contribution in [3.63, 3.8) is 0 Å². The fourth-order valence-corrected chi connectivity index (χ4v) is 3.09. The van der Waals surface area contributed by atoms with Crippen molar-refractivity contribution in [2.45, 2.75) is 33.0 Å². The summed E-state index contributed by atoms with van der Waals surface area (Å²) in [6.45, 7) is 7.03. The van der Waals surface area contributed by atoms with Crippen molar-refractivity contribution in [1.29, 1.82) is 0 Å². The average molecular weight is 336 g/mol. The van der Waals surface area contributed by atoms with E-state index in [0.717, 1.165) is 11.1 Å². The zero-order valence-corrected chi connectivity index (χ0v) is 14.8. The molecule has 3 heteroatoms. The zero-order chi connectivity index (χ0) is 18.3. The van der Waals surface area contributed by atoms with E-state index >= 15 is 0 Å². The molecule has 0 aliphatic heterocycles. The summed E-state index contributed by atoms with van der Waals surface area (Å²) in [4.78, 5) is 25.1. The van der Waals surface area contributed by atoms with Gasteiger partial charge in [0.05, 0.1) is 12.7 Å². The summed E-state index contributed by atoms with van der Waals surface area (Å²) in [6, 6.07) is 19.2. The van der Waals surface area contributed by atoms with E-state index in [2.05, 4.69) is 6.58 Å². The molecule has 130 valence electrons. The Labute approximate surface area is 149 Å². The second-order valence-electron chi connectivity index (χ2n) is 6.20. The summed E-state index contributed by atoms with van der Waals surface area (Å²) < 4.78 is 5.98. The van der Waals surface area contributed by atoms with Crippen LogP contribution in [-0.2, 0) is 27.4 Å². The van der Waals surface area contributed by atoms with Crippen LogP contribution in [0.15, 0.2) is 73.3 Å². The van der Waals surface area contributed by atoms with Gasteiger partial charge in [-0.3, -0.25) is 9.59 Å². The van der Waals surface area contributed by atoms with Gasteiger partial charge in [0.25, 0.3) is 0 Å². The summed E-state index contributed by atoms with van der Waals surface area (Å²) >= 11 is 0. The first-order valence-electron chi connectivity index (χ1n) is 8.34. The minimum Gasteiger partial charge on any atom is -0.368 e. The first kappa shape index (κ1) is 18.8. The van der Waals surface area contributed by atoms with E-state index in [1.807, 2.05) is 60.7 Å². The smallest absolute Gasteiger partial charge is 0.146 e. The molecule has 2 rings (SSSR count). The number of hydrogen-bond acceptors (Lipinski definition) is 3. The highest BCUT2D eigenvalue weighted by atomic mass is 16.5. The Morgan fingerprint density at radius 3 is 1.88 bits per heavy atom. The maximum absolute atomic E-state index is 12.6. The molecule has 1 unspecified atom stereocenters. The number of carbonyl (C=O) groups excluding carboxylic acids is 2. The molecule has 0 saturated carbocycles. The number of hydrogen-bond donors (Lipinski definition) is 0. The number of carbonyl (C=O) groups is 2. The molecule has 0 aliphatic carbocycles. The number of ketones is 2. The van der Waals surface area contributed by atoms with E-state index in [9.17, 15) is 9.59 Å². The van der Waals surface area contributed by atoms with E-state index in [1.54, 1.807) is 6.08 Å². The third-order valence-corrected chi connectivity index (χ3v) is 4.55. The Morgan fingerprint density at radius 2 is 1.44 bits per heavy atom. The van der Waals surface area contributed by atoms with E-state index in [4.69, 9.17) is 4.74 Å². The summed E-state index contributed by atoms with van der Waals surface area (Å²) in [5, 5.41) is 0. The minimum atomic E-state index is -1.27. The Hall–Kier alpha value is -2.52. The van der Waals surface area contributed by atoms with Crippen molar-refractivity contribution in [2.24, 2.45) is 5.41 Å². The molecule has 0 heterocycles. The quantitative estimate of drug-likeness (QED) is 0.510. The topological polar surface area (TPSA) is 43.4 Å². The predicted octanol–water partition coefficient (Wildman–Crippen LogP) is 4.16. The van der Waals surface area contributed by atoms with E-state index < -0.39 is 11.5 Å². The zero-order valence-electron chi connectivity index (χ0n) is 14.8. The highest BCUT2D eigenvalue weighted by Crippen LogP contribution is 2.33. The van der Waals surface area contributed by atoms with Gasteiger partial charge < -0.3 is 4.74 Å². The van der Waals surface area contributed by atoms with Gasteiger partial charge in [0.1, 0.15) is 17.0 Å². The van der Waals surface area contributed by atoms with Gasteiger partial charge in [-0.1, -0.05) is 66.7 Å². The van der Waals surface area contributed by atoms with Crippen molar-refractivity contribution in [1.82, 2.24) is 0 Å². The minimum absolute atomic E-state index is 0.207. The van der Waals surface area contributed by atoms with Crippen LogP contribution < -0.4 is 0 Å². The molecule has 25 heavy (non-hydrogen) atoms. The normalized spacial score (nSPS) is 12.4. The Balaban J connectivity index is 2.32. The highest BCUT2D eigenvalue weighted by molar-refractivity contribution is 6.06. The lowest BCUT2D eigenvalue weighted by Gasteiger charge is -2.35. The second kappa shape index (κ2) is 8.54. The van der Waals surface area contributed by atoms with Gasteiger partial charge in [-0.25, -0.2) is 0 Å². The van der Waals surface area contributed by atoms with Crippen molar-refractivity contribution < 1.29 is 14.3 Å².